The highest BCUT2D eigenvalue weighted by Crippen LogP contribution is 2.31. The Balaban J connectivity index is 2.86. The van der Waals surface area contributed by atoms with Crippen molar-refractivity contribution in [3.8, 4) is 11.8 Å². The van der Waals surface area contributed by atoms with E-state index < -0.39 is 11.7 Å². The van der Waals surface area contributed by atoms with Gasteiger partial charge in [-0.3, -0.25) is 0 Å². The Hall–Kier alpha value is -0.990. The van der Waals surface area contributed by atoms with Gasteiger partial charge in [-0.2, -0.15) is 13.2 Å². The molecular weight excluding hydrogens is 295 g/mol. The third-order valence-corrected chi connectivity index (χ3v) is 2.68. The standard InChI is InChI=1S/C12H11BrF3N/c1-17-7-3-2-4-9-5-6-10(8-11(9)13)12(14,15)16/h5-6,8,17H,3,7H2,1H3. The molecule has 0 atom stereocenters. The third-order valence-electron chi connectivity index (χ3n) is 2.02. The molecule has 0 spiro atoms. The van der Waals surface area contributed by atoms with E-state index >= 15 is 0 Å². The molecule has 0 saturated carbocycles. The SMILES string of the molecule is CNCCC#Cc1ccc(C(F)(F)F)cc1Br. The molecule has 0 unspecified atom stereocenters. The van der Waals surface area contributed by atoms with Crippen LogP contribution < -0.4 is 5.32 Å². The smallest absolute Gasteiger partial charge is 0.319 e. The van der Waals surface area contributed by atoms with E-state index in [1.54, 1.807) is 0 Å². The second-order valence-electron chi connectivity index (χ2n) is 3.35. The Labute approximate surface area is 107 Å². The van der Waals surface area contributed by atoms with Crippen molar-refractivity contribution in [2.24, 2.45) is 0 Å². The van der Waals surface area contributed by atoms with Gasteiger partial charge in [0.1, 0.15) is 0 Å². The summed E-state index contributed by atoms with van der Waals surface area (Å²) in [6.07, 6.45) is -3.66. The lowest BCUT2D eigenvalue weighted by Crippen LogP contribution is -2.06. The van der Waals surface area contributed by atoms with Crippen LogP contribution in [0.2, 0.25) is 0 Å². The molecular formula is C12H11BrF3N. The zero-order valence-corrected chi connectivity index (χ0v) is 10.7. The summed E-state index contributed by atoms with van der Waals surface area (Å²) in [5.74, 6) is 5.70. The van der Waals surface area contributed by atoms with Gasteiger partial charge in [0.05, 0.1) is 5.56 Å². The minimum atomic E-state index is -4.32. The molecule has 0 aliphatic rings. The number of hydrogen-bond donors (Lipinski definition) is 1. The summed E-state index contributed by atoms with van der Waals surface area (Å²) in [6, 6.07) is 3.45. The van der Waals surface area contributed by atoms with E-state index in [-0.39, 0.29) is 0 Å². The summed E-state index contributed by atoms with van der Waals surface area (Å²) in [6.45, 7) is 0.755. The predicted molar refractivity (Wildman–Crippen MR) is 64.6 cm³/mol. The van der Waals surface area contributed by atoms with Crippen LogP contribution in [0.5, 0.6) is 0 Å². The van der Waals surface area contributed by atoms with E-state index in [2.05, 4.69) is 33.1 Å². The lowest BCUT2D eigenvalue weighted by molar-refractivity contribution is -0.137. The molecule has 5 heteroatoms. The van der Waals surface area contributed by atoms with Crippen LogP contribution in [0.1, 0.15) is 17.5 Å². The number of nitrogens with one attached hydrogen (secondary N) is 1. The summed E-state index contributed by atoms with van der Waals surface area (Å²) in [5.41, 5.74) is -0.112. The summed E-state index contributed by atoms with van der Waals surface area (Å²) in [5, 5.41) is 2.93. The van der Waals surface area contributed by atoms with Crippen molar-refractivity contribution in [2.45, 2.75) is 12.6 Å². The van der Waals surface area contributed by atoms with Crippen molar-refractivity contribution < 1.29 is 13.2 Å². The fourth-order valence-corrected chi connectivity index (χ4v) is 1.62. The van der Waals surface area contributed by atoms with Crippen LogP contribution in [-0.4, -0.2) is 13.6 Å². The molecule has 1 rings (SSSR count). The molecule has 0 aromatic heterocycles. The maximum atomic E-state index is 12.4. The van der Waals surface area contributed by atoms with Gasteiger partial charge in [0.15, 0.2) is 0 Å². The van der Waals surface area contributed by atoms with Crippen LogP contribution in [0.3, 0.4) is 0 Å². The predicted octanol–water partition coefficient (Wildman–Crippen LogP) is 3.43. The highest BCUT2D eigenvalue weighted by atomic mass is 79.9. The van der Waals surface area contributed by atoms with Crippen LogP contribution in [-0.2, 0) is 6.18 Å². The maximum Gasteiger partial charge on any atom is 0.416 e. The van der Waals surface area contributed by atoms with Gasteiger partial charge < -0.3 is 5.32 Å². The second-order valence-corrected chi connectivity index (χ2v) is 4.20. The summed E-state index contributed by atoms with van der Waals surface area (Å²) >= 11 is 3.09. The first kappa shape index (κ1) is 14.1. The van der Waals surface area contributed by atoms with Gasteiger partial charge >= 0.3 is 6.18 Å². The lowest BCUT2D eigenvalue weighted by Gasteiger charge is -2.07. The van der Waals surface area contributed by atoms with E-state index in [1.807, 2.05) is 7.05 Å². The Morgan fingerprint density at radius 3 is 2.59 bits per heavy atom. The molecule has 0 aliphatic heterocycles. The van der Waals surface area contributed by atoms with Gasteiger partial charge in [-0.25, -0.2) is 0 Å². The Bertz CT molecular complexity index is 443. The highest BCUT2D eigenvalue weighted by Gasteiger charge is 2.30. The first-order valence-corrected chi connectivity index (χ1v) is 5.74. The van der Waals surface area contributed by atoms with Gasteiger partial charge in [0.25, 0.3) is 0 Å². The molecule has 17 heavy (non-hydrogen) atoms. The van der Waals surface area contributed by atoms with Crippen molar-refractivity contribution in [2.75, 3.05) is 13.6 Å². The molecule has 0 heterocycles. The van der Waals surface area contributed by atoms with Gasteiger partial charge in [-0.1, -0.05) is 11.8 Å². The van der Waals surface area contributed by atoms with E-state index in [0.29, 0.717) is 16.5 Å². The molecule has 1 aromatic rings. The minimum Gasteiger partial charge on any atom is -0.319 e. The molecule has 0 amide bonds. The Morgan fingerprint density at radius 1 is 1.35 bits per heavy atom. The molecule has 0 fully saturated rings. The lowest BCUT2D eigenvalue weighted by atomic mass is 10.1. The van der Waals surface area contributed by atoms with E-state index in [9.17, 15) is 13.2 Å². The third kappa shape index (κ3) is 4.41. The van der Waals surface area contributed by atoms with Gasteiger partial charge in [0.2, 0.25) is 0 Å². The van der Waals surface area contributed by atoms with Crippen LogP contribution in [0.15, 0.2) is 22.7 Å². The highest BCUT2D eigenvalue weighted by molar-refractivity contribution is 9.10. The molecule has 92 valence electrons. The fourth-order valence-electron chi connectivity index (χ4n) is 1.14. The van der Waals surface area contributed by atoms with E-state index in [4.69, 9.17) is 0 Å². The Kier molecular flexibility index (Phi) is 5.03. The number of benzene rings is 1. The first-order valence-electron chi connectivity index (χ1n) is 4.95. The van der Waals surface area contributed by atoms with Gasteiger partial charge in [-0.15, -0.1) is 0 Å². The fraction of sp³-hybridized carbons (Fsp3) is 0.333. The molecule has 0 saturated heterocycles. The molecule has 1 N–H and O–H groups in total. The molecule has 0 bridgehead atoms. The van der Waals surface area contributed by atoms with Crippen LogP contribution in [0.4, 0.5) is 13.2 Å². The topological polar surface area (TPSA) is 12.0 Å². The van der Waals surface area contributed by atoms with Gasteiger partial charge in [-0.05, 0) is 41.2 Å². The summed E-state index contributed by atoms with van der Waals surface area (Å²) in [7, 11) is 1.82. The Morgan fingerprint density at radius 2 is 2.06 bits per heavy atom. The summed E-state index contributed by atoms with van der Waals surface area (Å²) < 4.78 is 37.5. The van der Waals surface area contributed by atoms with Crippen molar-refractivity contribution in [3.05, 3.63) is 33.8 Å². The van der Waals surface area contributed by atoms with Crippen LogP contribution >= 0.6 is 15.9 Å². The molecule has 0 aliphatic carbocycles. The average Bonchev–Trinajstić information content (AvgIpc) is 2.24. The van der Waals surface area contributed by atoms with Crippen molar-refractivity contribution in [3.63, 3.8) is 0 Å². The first-order chi connectivity index (χ1) is 7.95. The molecule has 0 radical (unpaired) electrons. The monoisotopic (exact) mass is 305 g/mol. The van der Waals surface area contributed by atoms with E-state index in [0.717, 1.165) is 18.7 Å². The number of hydrogen-bond acceptors (Lipinski definition) is 1. The van der Waals surface area contributed by atoms with Gasteiger partial charge in [0, 0.05) is 23.0 Å². The molecule has 1 nitrogen and oxygen atoms in total. The number of alkyl halides is 3. The normalized spacial score (nSPS) is 10.9. The van der Waals surface area contributed by atoms with Crippen molar-refractivity contribution in [1.82, 2.24) is 5.32 Å². The molecule has 1 aromatic carbocycles. The zero-order valence-electron chi connectivity index (χ0n) is 9.16. The minimum absolute atomic E-state index is 0.365. The van der Waals surface area contributed by atoms with Crippen molar-refractivity contribution in [1.29, 1.82) is 0 Å². The average molecular weight is 306 g/mol. The van der Waals surface area contributed by atoms with Crippen LogP contribution in [0, 0.1) is 11.8 Å². The number of rotatable bonds is 2. The van der Waals surface area contributed by atoms with Crippen molar-refractivity contribution >= 4 is 15.9 Å². The largest absolute Gasteiger partial charge is 0.416 e. The quantitative estimate of drug-likeness (QED) is 0.652. The summed E-state index contributed by atoms with van der Waals surface area (Å²) in [4.78, 5) is 0. The zero-order chi connectivity index (χ0) is 12.9. The van der Waals surface area contributed by atoms with E-state index in [1.165, 1.54) is 6.07 Å². The second kappa shape index (κ2) is 6.08. The maximum absolute atomic E-state index is 12.4. The van der Waals surface area contributed by atoms with Crippen LogP contribution in [0.25, 0.3) is 0 Å². The number of halogens is 4.